The predicted octanol–water partition coefficient (Wildman–Crippen LogP) is 2.66. The zero-order chi connectivity index (χ0) is 22.1. The Balaban J connectivity index is 1.25. The number of nitrogens with zero attached hydrogens (tertiary/aromatic N) is 5. The van der Waals surface area contributed by atoms with E-state index in [1.807, 2.05) is 29.2 Å². The van der Waals surface area contributed by atoms with Gasteiger partial charge in [-0.05, 0) is 29.8 Å². The zero-order valence-corrected chi connectivity index (χ0v) is 17.8. The third kappa shape index (κ3) is 3.80. The average Bonchev–Trinajstić information content (AvgIpc) is 3.27. The minimum atomic E-state index is -0.287. The summed E-state index contributed by atoms with van der Waals surface area (Å²) in [6, 6.07) is 14.1. The van der Waals surface area contributed by atoms with Gasteiger partial charge in [0.25, 0.3) is 5.91 Å². The zero-order valence-electron chi connectivity index (χ0n) is 17.8. The molecule has 1 fully saturated rings. The molecule has 0 bridgehead atoms. The maximum atomic E-state index is 13.2. The van der Waals surface area contributed by atoms with Crippen molar-refractivity contribution in [2.45, 2.75) is 19.3 Å². The molecule has 1 unspecified atom stereocenters. The SMILES string of the molecule is COc1ccccc1N1CCN(C(=O)c2nnn3c2COC(c2ccc(F)cc2)C3)CC1. The lowest BCUT2D eigenvalue weighted by atomic mass is 10.1. The molecule has 1 amide bonds. The number of carbonyl (C=O) groups excluding carboxylic acids is 1. The van der Waals surface area contributed by atoms with Gasteiger partial charge in [0.1, 0.15) is 17.7 Å². The number of methoxy groups -OCH3 is 1. The van der Waals surface area contributed by atoms with Gasteiger partial charge in [-0.25, -0.2) is 9.07 Å². The molecule has 0 N–H and O–H groups in total. The van der Waals surface area contributed by atoms with E-state index in [0.717, 1.165) is 17.0 Å². The third-order valence-electron chi connectivity index (χ3n) is 6.03. The van der Waals surface area contributed by atoms with Gasteiger partial charge in [-0.2, -0.15) is 0 Å². The van der Waals surface area contributed by atoms with Crippen LogP contribution in [0.25, 0.3) is 0 Å². The molecule has 2 aliphatic heterocycles. The van der Waals surface area contributed by atoms with Crippen molar-refractivity contribution < 1.29 is 18.7 Å². The molecule has 3 heterocycles. The topological polar surface area (TPSA) is 72.7 Å². The normalized spacial score (nSPS) is 18.4. The van der Waals surface area contributed by atoms with Gasteiger partial charge in [0.2, 0.25) is 0 Å². The number of fused-ring (bicyclic) bond motifs is 1. The number of rotatable bonds is 4. The summed E-state index contributed by atoms with van der Waals surface area (Å²) in [4.78, 5) is 17.2. The number of aromatic nitrogens is 3. The van der Waals surface area contributed by atoms with Crippen LogP contribution in [-0.2, 0) is 17.9 Å². The smallest absolute Gasteiger partial charge is 0.276 e. The molecule has 3 aromatic rings. The van der Waals surface area contributed by atoms with Crippen molar-refractivity contribution in [1.29, 1.82) is 0 Å². The summed E-state index contributed by atoms with van der Waals surface area (Å²) in [6.45, 7) is 3.25. The molecule has 2 aliphatic rings. The predicted molar refractivity (Wildman–Crippen MR) is 115 cm³/mol. The van der Waals surface area contributed by atoms with Crippen LogP contribution in [0, 0.1) is 5.82 Å². The second-order valence-electron chi connectivity index (χ2n) is 7.87. The van der Waals surface area contributed by atoms with Gasteiger partial charge in [-0.1, -0.05) is 29.5 Å². The number of halogens is 1. The Kier molecular flexibility index (Phi) is 5.48. The molecule has 166 valence electrons. The van der Waals surface area contributed by atoms with Crippen LogP contribution in [0.3, 0.4) is 0 Å². The molecule has 1 saturated heterocycles. The van der Waals surface area contributed by atoms with E-state index in [-0.39, 0.29) is 24.4 Å². The molecule has 8 nitrogen and oxygen atoms in total. The van der Waals surface area contributed by atoms with Crippen LogP contribution in [0.15, 0.2) is 48.5 Å². The van der Waals surface area contributed by atoms with E-state index in [2.05, 4.69) is 15.2 Å². The van der Waals surface area contributed by atoms with Crippen LogP contribution in [-0.4, -0.2) is 59.1 Å². The molecule has 32 heavy (non-hydrogen) atoms. The summed E-state index contributed by atoms with van der Waals surface area (Å²) in [7, 11) is 1.66. The average molecular weight is 437 g/mol. The first-order valence-corrected chi connectivity index (χ1v) is 10.6. The fourth-order valence-electron chi connectivity index (χ4n) is 4.25. The van der Waals surface area contributed by atoms with Crippen molar-refractivity contribution in [1.82, 2.24) is 19.9 Å². The summed E-state index contributed by atoms with van der Waals surface area (Å²) in [5.41, 5.74) is 2.92. The number of piperazine rings is 1. The van der Waals surface area contributed by atoms with Gasteiger partial charge < -0.3 is 19.3 Å². The Labute approximate surface area is 185 Å². The Morgan fingerprint density at radius 3 is 2.59 bits per heavy atom. The second kappa shape index (κ2) is 8.58. The molecule has 0 aliphatic carbocycles. The van der Waals surface area contributed by atoms with Crippen molar-refractivity contribution in [3.05, 3.63) is 71.3 Å². The highest BCUT2D eigenvalue weighted by atomic mass is 19.1. The highest BCUT2D eigenvalue weighted by molar-refractivity contribution is 5.93. The largest absolute Gasteiger partial charge is 0.495 e. The molecule has 2 aromatic carbocycles. The second-order valence-corrected chi connectivity index (χ2v) is 7.87. The monoisotopic (exact) mass is 437 g/mol. The summed E-state index contributed by atoms with van der Waals surface area (Å²) in [5.74, 6) is 0.409. The van der Waals surface area contributed by atoms with E-state index in [4.69, 9.17) is 9.47 Å². The van der Waals surface area contributed by atoms with Crippen molar-refractivity contribution in [2.75, 3.05) is 38.2 Å². The molecular weight excluding hydrogens is 413 g/mol. The van der Waals surface area contributed by atoms with Crippen LogP contribution < -0.4 is 9.64 Å². The number of para-hydroxylation sites is 2. The molecular formula is C23H24FN5O3. The Bertz CT molecular complexity index is 1110. The number of hydrogen-bond donors (Lipinski definition) is 0. The van der Waals surface area contributed by atoms with E-state index in [9.17, 15) is 9.18 Å². The fraction of sp³-hybridized carbons (Fsp3) is 0.348. The maximum absolute atomic E-state index is 13.2. The first-order chi connectivity index (χ1) is 15.6. The molecule has 0 spiro atoms. The Morgan fingerprint density at radius 2 is 1.84 bits per heavy atom. The van der Waals surface area contributed by atoms with Gasteiger partial charge in [0.15, 0.2) is 5.69 Å². The fourth-order valence-corrected chi connectivity index (χ4v) is 4.25. The summed E-state index contributed by atoms with van der Waals surface area (Å²) in [5, 5.41) is 8.36. The lowest BCUT2D eigenvalue weighted by Gasteiger charge is -2.36. The van der Waals surface area contributed by atoms with E-state index < -0.39 is 0 Å². The molecule has 1 atom stereocenters. The number of ether oxygens (including phenoxy) is 2. The van der Waals surface area contributed by atoms with Crippen molar-refractivity contribution in [2.24, 2.45) is 0 Å². The van der Waals surface area contributed by atoms with Crippen LogP contribution in [0.2, 0.25) is 0 Å². The van der Waals surface area contributed by atoms with E-state index in [0.29, 0.717) is 44.1 Å². The van der Waals surface area contributed by atoms with E-state index >= 15 is 0 Å². The van der Waals surface area contributed by atoms with Crippen molar-refractivity contribution in [3.8, 4) is 5.75 Å². The lowest BCUT2D eigenvalue weighted by molar-refractivity contribution is -0.00199. The van der Waals surface area contributed by atoms with Crippen LogP contribution in [0.5, 0.6) is 5.75 Å². The number of benzene rings is 2. The van der Waals surface area contributed by atoms with Crippen LogP contribution in [0.1, 0.15) is 27.8 Å². The number of hydrogen-bond acceptors (Lipinski definition) is 6. The summed E-state index contributed by atoms with van der Waals surface area (Å²) < 4.78 is 26.3. The highest BCUT2D eigenvalue weighted by Gasteiger charge is 2.31. The molecule has 1 aromatic heterocycles. The first-order valence-electron chi connectivity index (χ1n) is 10.6. The van der Waals surface area contributed by atoms with Crippen molar-refractivity contribution >= 4 is 11.6 Å². The lowest BCUT2D eigenvalue weighted by Crippen LogP contribution is -2.49. The maximum Gasteiger partial charge on any atom is 0.276 e. The molecule has 5 rings (SSSR count). The van der Waals surface area contributed by atoms with E-state index in [1.165, 1.54) is 12.1 Å². The Morgan fingerprint density at radius 1 is 1.09 bits per heavy atom. The van der Waals surface area contributed by atoms with Crippen LogP contribution >= 0.6 is 0 Å². The van der Waals surface area contributed by atoms with Crippen molar-refractivity contribution in [3.63, 3.8) is 0 Å². The summed E-state index contributed by atoms with van der Waals surface area (Å²) >= 11 is 0. The van der Waals surface area contributed by atoms with E-state index in [1.54, 1.807) is 23.9 Å². The molecule has 9 heteroatoms. The minimum absolute atomic E-state index is 0.130. The standard InChI is InChI=1S/C23H24FN5O3/c1-31-20-5-3-2-4-18(20)27-10-12-28(13-11-27)23(30)22-19-15-32-21(14-29(19)26-25-22)16-6-8-17(24)9-7-16/h2-9,21H,10-15H2,1H3. The highest BCUT2D eigenvalue weighted by Crippen LogP contribution is 2.30. The molecule has 0 radical (unpaired) electrons. The molecule has 0 saturated carbocycles. The van der Waals surface area contributed by atoms with Gasteiger partial charge in [0, 0.05) is 26.2 Å². The Hall–Kier alpha value is -3.46. The summed E-state index contributed by atoms with van der Waals surface area (Å²) in [6.07, 6.45) is -0.253. The quantitative estimate of drug-likeness (QED) is 0.625. The number of amides is 1. The minimum Gasteiger partial charge on any atom is -0.495 e. The van der Waals surface area contributed by atoms with Gasteiger partial charge in [0.05, 0.1) is 31.6 Å². The van der Waals surface area contributed by atoms with Gasteiger partial charge in [-0.3, -0.25) is 4.79 Å². The van der Waals surface area contributed by atoms with Crippen LogP contribution in [0.4, 0.5) is 10.1 Å². The van der Waals surface area contributed by atoms with Gasteiger partial charge >= 0.3 is 0 Å². The van der Waals surface area contributed by atoms with Gasteiger partial charge in [-0.15, -0.1) is 5.10 Å². The third-order valence-corrected chi connectivity index (χ3v) is 6.03. The number of anilines is 1. The first kappa shape index (κ1) is 20.4. The number of carbonyl (C=O) groups is 1.